The molecular formula is C14H13BrN2. The monoisotopic (exact) mass is 288 g/mol. The topological polar surface area (TPSA) is 16.1 Å². The second-order valence-electron chi connectivity index (χ2n) is 4.33. The third-order valence-electron chi connectivity index (χ3n) is 3.18. The van der Waals surface area contributed by atoms with Crippen molar-refractivity contribution in [3.8, 4) is 0 Å². The molecule has 0 atom stereocenters. The van der Waals surface area contributed by atoms with Crippen LogP contribution in [0.4, 0.5) is 5.82 Å². The van der Waals surface area contributed by atoms with E-state index in [-0.39, 0.29) is 0 Å². The molecule has 0 aliphatic carbocycles. The molecule has 0 N–H and O–H groups in total. The lowest BCUT2D eigenvalue weighted by Gasteiger charge is -2.40. The summed E-state index contributed by atoms with van der Waals surface area (Å²) in [6.45, 7) is 2.13. The highest BCUT2D eigenvalue weighted by molar-refractivity contribution is 9.10. The molecule has 0 spiro atoms. The van der Waals surface area contributed by atoms with Crippen LogP contribution < -0.4 is 4.90 Å². The van der Waals surface area contributed by atoms with Crippen LogP contribution in [0.25, 0.3) is 0 Å². The van der Waals surface area contributed by atoms with Gasteiger partial charge >= 0.3 is 0 Å². The first-order valence-corrected chi connectivity index (χ1v) is 6.55. The average Bonchev–Trinajstić information content (AvgIpc) is 2.28. The quantitative estimate of drug-likeness (QED) is 0.787. The Morgan fingerprint density at radius 2 is 1.76 bits per heavy atom. The number of aromatic nitrogens is 1. The Balaban J connectivity index is 1.69. The van der Waals surface area contributed by atoms with Gasteiger partial charge in [-0.05, 0) is 33.6 Å². The van der Waals surface area contributed by atoms with E-state index < -0.39 is 0 Å². The summed E-state index contributed by atoms with van der Waals surface area (Å²) in [4.78, 5) is 6.77. The molecule has 1 aliphatic heterocycles. The van der Waals surface area contributed by atoms with Gasteiger partial charge < -0.3 is 4.90 Å². The number of pyridine rings is 1. The molecule has 3 heteroatoms. The first kappa shape index (κ1) is 10.8. The Bertz CT molecular complexity index is 507. The maximum atomic E-state index is 4.47. The number of rotatable bonds is 2. The van der Waals surface area contributed by atoms with E-state index in [1.54, 1.807) is 0 Å². The lowest BCUT2D eigenvalue weighted by atomic mass is 9.91. The zero-order chi connectivity index (χ0) is 11.7. The first-order chi connectivity index (χ1) is 8.33. The molecule has 17 heavy (non-hydrogen) atoms. The maximum Gasteiger partial charge on any atom is 0.129 e. The molecule has 0 radical (unpaired) electrons. The summed E-state index contributed by atoms with van der Waals surface area (Å²) >= 11 is 3.41. The molecule has 0 amide bonds. The minimum atomic E-state index is 0.650. The van der Waals surface area contributed by atoms with Crippen LogP contribution in [0.15, 0.2) is 53.1 Å². The van der Waals surface area contributed by atoms with Crippen LogP contribution in [0.3, 0.4) is 0 Å². The molecule has 2 aromatic rings. The summed E-state index contributed by atoms with van der Waals surface area (Å²) in [6, 6.07) is 16.7. The van der Waals surface area contributed by atoms with Gasteiger partial charge in [-0.3, -0.25) is 0 Å². The molecule has 0 unspecified atom stereocenters. The van der Waals surface area contributed by atoms with Gasteiger partial charge in [0.05, 0.1) is 0 Å². The molecule has 0 saturated carbocycles. The molecule has 1 aromatic carbocycles. The zero-order valence-electron chi connectivity index (χ0n) is 9.38. The highest BCUT2D eigenvalue weighted by Crippen LogP contribution is 2.30. The number of hydrogen-bond acceptors (Lipinski definition) is 2. The summed E-state index contributed by atoms with van der Waals surface area (Å²) in [5.41, 5.74) is 1.43. The Kier molecular flexibility index (Phi) is 2.85. The molecule has 1 aliphatic rings. The van der Waals surface area contributed by atoms with Gasteiger partial charge in [-0.2, -0.15) is 0 Å². The summed E-state index contributed by atoms with van der Waals surface area (Å²) in [5, 5.41) is 0. The number of halogens is 1. The van der Waals surface area contributed by atoms with Crippen molar-refractivity contribution in [3.63, 3.8) is 0 Å². The average molecular weight is 289 g/mol. The molecule has 2 heterocycles. The molecule has 3 rings (SSSR count). The fraction of sp³-hybridized carbons (Fsp3) is 0.214. The van der Waals surface area contributed by atoms with Crippen LogP contribution in [0, 0.1) is 0 Å². The largest absolute Gasteiger partial charge is 0.355 e. The summed E-state index contributed by atoms with van der Waals surface area (Å²) in [6.07, 6.45) is 0. The first-order valence-electron chi connectivity index (χ1n) is 5.75. The fourth-order valence-electron chi connectivity index (χ4n) is 2.18. The van der Waals surface area contributed by atoms with E-state index in [0.29, 0.717) is 5.92 Å². The van der Waals surface area contributed by atoms with E-state index in [1.807, 2.05) is 12.1 Å². The van der Waals surface area contributed by atoms with Gasteiger partial charge in [-0.15, -0.1) is 0 Å². The van der Waals surface area contributed by atoms with Gasteiger partial charge in [-0.1, -0.05) is 36.4 Å². The standard InChI is InChI=1S/C14H13BrN2/c15-13-7-4-8-14(16-13)17-9-12(10-17)11-5-2-1-3-6-11/h1-8,12H,9-10H2. The Morgan fingerprint density at radius 3 is 2.47 bits per heavy atom. The lowest BCUT2D eigenvalue weighted by Crippen LogP contribution is -2.45. The minimum Gasteiger partial charge on any atom is -0.355 e. The number of hydrogen-bond donors (Lipinski definition) is 0. The van der Waals surface area contributed by atoms with Gasteiger partial charge in [-0.25, -0.2) is 4.98 Å². The van der Waals surface area contributed by atoms with Gasteiger partial charge in [0.2, 0.25) is 0 Å². The van der Waals surface area contributed by atoms with Crippen LogP contribution in [0.1, 0.15) is 11.5 Å². The third kappa shape index (κ3) is 2.20. The van der Waals surface area contributed by atoms with Crippen molar-refractivity contribution < 1.29 is 0 Å². The van der Waals surface area contributed by atoms with E-state index in [9.17, 15) is 0 Å². The Labute approximate surface area is 109 Å². The van der Waals surface area contributed by atoms with Crippen LogP contribution in [0.5, 0.6) is 0 Å². The van der Waals surface area contributed by atoms with Gasteiger partial charge in [0.1, 0.15) is 10.4 Å². The number of benzene rings is 1. The molecule has 2 nitrogen and oxygen atoms in total. The summed E-state index contributed by atoms with van der Waals surface area (Å²) in [7, 11) is 0. The summed E-state index contributed by atoms with van der Waals surface area (Å²) in [5.74, 6) is 1.71. The predicted molar refractivity (Wildman–Crippen MR) is 73.3 cm³/mol. The molecule has 86 valence electrons. The zero-order valence-corrected chi connectivity index (χ0v) is 11.0. The Morgan fingerprint density at radius 1 is 1.00 bits per heavy atom. The smallest absolute Gasteiger partial charge is 0.129 e. The van der Waals surface area contributed by atoms with Crippen molar-refractivity contribution in [2.24, 2.45) is 0 Å². The Hall–Kier alpha value is -1.35. The van der Waals surface area contributed by atoms with Gasteiger partial charge in [0.25, 0.3) is 0 Å². The molecule has 0 bridgehead atoms. The van der Waals surface area contributed by atoms with E-state index in [1.165, 1.54) is 5.56 Å². The van der Waals surface area contributed by atoms with Gasteiger partial charge in [0.15, 0.2) is 0 Å². The third-order valence-corrected chi connectivity index (χ3v) is 3.62. The maximum absolute atomic E-state index is 4.47. The SMILES string of the molecule is Brc1cccc(N2CC(c3ccccc3)C2)n1. The van der Waals surface area contributed by atoms with Crippen molar-refractivity contribution >= 4 is 21.7 Å². The van der Waals surface area contributed by atoms with Crippen LogP contribution in [-0.4, -0.2) is 18.1 Å². The second-order valence-corrected chi connectivity index (χ2v) is 5.14. The van der Waals surface area contributed by atoms with Crippen molar-refractivity contribution in [1.29, 1.82) is 0 Å². The number of anilines is 1. The van der Waals surface area contributed by atoms with Crippen LogP contribution in [0.2, 0.25) is 0 Å². The molecule has 1 saturated heterocycles. The van der Waals surface area contributed by atoms with Crippen LogP contribution in [-0.2, 0) is 0 Å². The van der Waals surface area contributed by atoms with Crippen molar-refractivity contribution in [2.45, 2.75) is 5.92 Å². The molecule has 1 fully saturated rings. The van der Waals surface area contributed by atoms with Crippen LogP contribution >= 0.6 is 15.9 Å². The normalized spacial score (nSPS) is 15.7. The summed E-state index contributed by atoms with van der Waals surface area (Å²) < 4.78 is 0.901. The van der Waals surface area contributed by atoms with Crippen molar-refractivity contribution in [1.82, 2.24) is 4.98 Å². The van der Waals surface area contributed by atoms with E-state index in [4.69, 9.17) is 0 Å². The fourth-order valence-corrected chi connectivity index (χ4v) is 2.51. The van der Waals surface area contributed by atoms with E-state index >= 15 is 0 Å². The van der Waals surface area contributed by atoms with Crippen molar-refractivity contribution in [2.75, 3.05) is 18.0 Å². The second kappa shape index (κ2) is 4.49. The molecule has 1 aromatic heterocycles. The van der Waals surface area contributed by atoms with E-state index in [0.717, 1.165) is 23.5 Å². The van der Waals surface area contributed by atoms with Crippen molar-refractivity contribution in [3.05, 3.63) is 58.7 Å². The minimum absolute atomic E-state index is 0.650. The lowest BCUT2D eigenvalue weighted by molar-refractivity contribution is 0.520. The highest BCUT2D eigenvalue weighted by atomic mass is 79.9. The number of nitrogens with zero attached hydrogens (tertiary/aromatic N) is 2. The highest BCUT2D eigenvalue weighted by Gasteiger charge is 2.28. The van der Waals surface area contributed by atoms with Gasteiger partial charge in [0, 0.05) is 19.0 Å². The van der Waals surface area contributed by atoms with E-state index in [2.05, 4.69) is 62.2 Å². The molecular weight excluding hydrogens is 276 g/mol. The predicted octanol–water partition coefficient (Wildman–Crippen LogP) is 3.45.